The zero-order chi connectivity index (χ0) is 12.3. The van der Waals surface area contributed by atoms with Crippen molar-refractivity contribution in [1.29, 1.82) is 0 Å². The van der Waals surface area contributed by atoms with E-state index in [-0.39, 0.29) is 11.6 Å². The van der Waals surface area contributed by atoms with Crippen LogP contribution in [0.25, 0.3) is 0 Å². The molecule has 2 N–H and O–H groups in total. The highest BCUT2D eigenvalue weighted by molar-refractivity contribution is 5.85. The Hall–Kier alpha value is -2.09. The molecule has 0 aliphatic heterocycles. The molecule has 0 atom stereocenters. The molecule has 0 bridgehead atoms. The Kier molecular flexibility index (Phi) is 3.14. The molecule has 0 aliphatic rings. The van der Waals surface area contributed by atoms with E-state index in [1.165, 1.54) is 6.07 Å². The fraction of sp³-hybridized carbons (Fsp3) is 0.364. The predicted molar refractivity (Wildman–Crippen MR) is 60.3 cm³/mol. The van der Waals surface area contributed by atoms with E-state index in [2.05, 4.69) is 21.2 Å². The lowest BCUT2D eigenvalue weighted by Gasteiger charge is -2.19. The number of anilines is 1. The van der Waals surface area contributed by atoms with Crippen LogP contribution in [0.3, 0.4) is 0 Å². The van der Waals surface area contributed by atoms with Gasteiger partial charge in [-0.2, -0.15) is 0 Å². The monoisotopic (exact) mass is 219 g/mol. The molecule has 0 aliphatic carbocycles. The highest BCUT2D eigenvalue weighted by Crippen LogP contribution is 2.11. The Labute approximate surface area is 93.9 Å². The van der Waals surface area contributed by atoms with Crippen molar-refractivity contribution in [3.63, 3.8) is 0 Å². The summed E-state index contributed by atoms with van der Waals surface area (Å²) in [5, 5.41) is 11.7. The Balaban J connectivity index is 3.07. The van der Waals surface area contributed by atoms with Crippen molar-refractivity contribution in [2.24, 2.45) is 0 Å². The van der Waals surface area contributed by atoms with Crippen LogP contribution in [0.15, 0.2) is 6.07 Å². The molecule has 0 radical (unpaired) electrons. The van der Waals surface area contributed by atoms with Gasteiger partial charge in [-0.3, -0.25) is 0 Å². The van der Waals surface area contributed by atoms with Crippen molar-refractivity contribution in [3.05, 3.63) is 17.5 Å². The molecule has 0 saturated heterocycles. The Morgan fingerprint density at radius 2 is 2.19 bits per heavy atom. The van der Waals surface area contributed by atoms with E-state index in [9.17, 15) is 4.79 Å². The molecule has 84 valence electrons. The van der Waals surface area contributed by atoms with Crippen LogP contribution < -0.4 is 5.32 Å². The van der Waals surface area contributed by atoms with Gasteiger partial charge in [-0.05, 0) is 26.8 Å². The fourth-order valence-electron chi connectivity index (χ4n) is 1.05. The van der Waals surface area contributed by atoms with Gasteiger partial charge in [-0.25, -0.2) is 14.8 Å². The van der Waals surface area contributed by atoms with Crippen molar-refractivity contribution in [2.45, 2.75) is 26.3 Å². The van der Waals surface area contributed by atoms with Crippen LogP contribution in [-0.4, -0.2) is 26.6 Å². The highest BCUT2D eigenvalue weighted by atomic mass is 16.4. The lowest BCUT2D eigenvalue weighted by molar-refractivity contribution is 0.0690. The summed E-state index contributed by atoms with van der Waals surface area (Å²) in [7, 11) is 0. The summed E-state index contributed by atoms with van der Waals surface area (Å²) in [5.74, 6) is 1.65. The lowest BCUT2D eigenvalue weighted by atomic mass is 10.1. The largest absolute Gasteiger partial charge is 0.477 e. The van der Waals surface area contributed by atoms with Crippen LogP contribution in [0.4, 0.5) is 5.95 Å². The molecule has 0 spiro atoms. The molecule has 0 saturated carbocycles. The average Bonchev–Trinajstić information content (AvgIpc) is 2.16. The zero-order valence-corrected chi connectivity index (χ0v) is 9.40. The summed E-state index contributed by atoms with van der Waals surface area (Å²) in [6, 6.07) is 1.40. The molecule has 0 unspecified atom stereocenters. The summed E-state index contributed by atoms with van der Waals surface area (Å²) in [6.45, 7) is 5.25. The van der Waals surface area contributed by atoms with Gasteiger partial charge in [0.15, 0.2) is 5.69 Å². The number of rotatable bonds is 3. The van der Waals surface area contributed by atoms with Crippen LogP contribution in [0, 0.1) is 19.3 Å². The first-order valence-corrected chi connectivity index (χ1v) is 4.69. The molecule has 1 aromatic heterocycles. The van der Waals surface area contributed by atoms with Gasteiger partial charge in [0.25, 0.3) is 0 Å². The summed E-state index contributed by atoms with van der Waals surface area (Å²) >= 11 is 0. The van der Waals surface area contributed by atoms with E-state index in [1.807, 2.05) is 0 Å². The first kappa shape index (κ1) is 12.0. The number of nitrogens with zero attached hydrogens (tertiary/aromatic N) is 2. The molecule has 0 amide bonds. The fourth-order valence-corrected chi connectivity index (χ4v) is 1.05. The SMILES string of the molecule is C#CC(C)(C)Nc1nc(C)cc(C(=O)O)n1. The van der Waals surface area contributed by atoms with Gasteiger partial charge in [-0.1, -0.05) is 5.92 Å². The smallest absolute Gasteiger partial charge is 0.354 e. The molecule has 16 heavy (non-hydrogen) atoms. The normalized spacial score (nSPS) is 10.6. The molecule has 5 nitrogen and oxygen atoms in total. The maximum Gasteiger partial charge on any atom is 0.354 e. The minimum atomic E-state index is -1.09. The number of aromatic carboxylic acids is 1. The number of carbonyl (C=O) groups is 1. The van der Waals surface area contributed by atoms with Crippen LogP contribution in [-0.2, 0) is 0 Å². The molecule has 1 rings (SSSR count). The van der Waals surface area contributed by atoms with Crippen LogP contribution in [0.2, 0.25) is 0 Å². The maximum absolute atomic E-state index is 10.8. The second kappa shape index (κ2) is 4.19. The maximum atomic E-state index is 10.8. The van der Waals surface area contributed by atoms with Gasteiger partial charge in [0, 0.05) is 5.69 Å². The first-order valence-electron chi connectivity index (χ1n) is 4.69. The highest BCUT2D eigenvalue weighted by Gasteiger charge is 2.16. The van der Waals surface area contributed by atoms with Crippen molar-refractivity contribution < 1.29 is 9.90 Å². The second-order valence-electron chi connectivity index (χ2n) is 3.92. The second-order valence-corrected chi connectivity index (χ2v) is 3.92. The van der Waals surface area contributed by atoms with E-state index in [1.54, 1.807) is 20.8 Å². The van der Waals surface area contributed by atoms with Crippen LogP contribution in [0.1, 0.15) is 30.0 Å². The number of hydrogen-bond acceptors (Lipinski definition) is 4. The number of terminal acetylenes is 1. The quantitative estimate of drug-likeness (QED) is 0.749. The Morgan fingerprint density at radius 1 is 1.56 bits per heavy atom. The Bertz CT molecular complexity index is 461. The number of nitrogens with one attached hydrogen (secondary N) is 1. The van der Waals surface area contributed by atoms with Crippen LogP contribution >= 0.6 is 0 Å². The van der Waals surface area contributed by atoms with E-state index in [0.29, 0.717) is 5.69 Å². The van der Waals surface area contributed by atoms with Crippen molar-refractivity contribution in [1.82, 2.24) is 9.97 Å². The molecule has 1 heterocycles. The molecule has 1 aromatic rings. The standard InChI is InChI=1S/C11H13N3O2/c1-5-11(3,4)14-10-12-7(2)6-8(13-10)9(15)16/h1,6H,2-4H3,(H,15,16)(H,12,13,14). The number of hydrogen-bond donors (Lipinski definition) is 2. The van der Waals surface area contributed by atoms with Gasteiger partial charge in [0.1, 0.15) is 0 Å². The van der Waals surface area contributed by atoms with Gasteiger partial charge in [0.2, 0.25) is 5.95 Å². The third-order valence-corrected chi connectivity index (χ3v) is 1.86. The predicted octanol–water partition coefficient (Wildman–Crippen LogP) is 1.31. The van der Waals surface area contributed by atoms with Gasteiger partial charge < -0.3 is 10.4 Å². The van der Waals surface area contributed by atoms with Crippen LogP contribution in [0.5, 0.6) is 0 Å². The minimum Gasteiger partial charge on any atom is -0.477 e. The summed E-state index contributed by atoms with van der Waals surface area (Å²) in [6.07, 6.45) is 5.31. The van der Waals surface area contributed by atoms with E-state index in [0.717, 1.165) is 0 Å². The van der Waals surface area contributed by atoms with E-state index in [4.69, 9.17) is 11.5 Å². The zero-order valence-electron chi connectivity index (χ0n) is 9.40. The third kappa shape index (κ3) is 2.95. The third-order valence-electron chi connectivity index (χ3n) is 1.86. The van der Waals surface area contributed by atoms with Gasteiger partial charge >= 0.3 is 5.97 Å². The molecule has 5 heteroatoms. The van der Waals surface area contributed by atoms with E-state index >= 15 is 0 Å². The van der Waals surface area contributed by atoms with E-state index < -0.39 is 11.5 Å². The summed E-state index contributed by atoms with van der Waals surface area (Å²) < 4.78 is 0. The van der Waals surface area contributed by atoms with Gasteiger partial charge in [0.05, 0.1) is 5.54 Å². The van der Waals surface area contributed by atoms with Crippen molar-refractivity contribution in [3.8, 4) is 12.3 Å². The Morgan fingerprint density at radius 3 is 2.69 bits per heavy atom. The van der Waals surface area contributed by atoms with Crippen molar-refractivity contribution >= 4 is 11.9 Å². The average molecular weight is 219 g/mol. The lowest BCUT2D eigenvalue weighted by Crippen LogP contribution is -2.30. The molecule has 0 aromatic carbocycles. The summed E-state index contributed by atoms with van der Waals surface area (Å²) in [4.78, 5) is 18.7. The molecular weight excluding hydrogens is 206 g/mol. The molecular formula is C11H13N3O2. The number of aromatic nitrogens is 2. The number of carboxylic acid groups (broad SMARTS) is 1. The number of carboxylic acids is 1. The van der Waals surface area contributed by atoms with Gasteiger partial charge in [-0.15, -0.1) is 6.42 Å². The summed E-state index contributed by atoms with van der Waals surface area (Å²) in [5.41, 5.74) is -0.102. The number of aryl methyl sites for hydroxylation is 1. The topological polar surface area (TPSA) is 75.1 Å². The minimum absolute atomic E-state index is 0.0529. The molecule has 0 fully saturated rings. The van der Waals surface area contributed by atoms with Crippen molar-refractivity contribution in [2.75, 3.05) is 5.32 Å². The first-order chi connectivity index (χ1) is 7.34.